The van der Waals surface area contributed by atoms with Crippen LogP contribution in [0.5, 0.6) is 0 Å². The number of aryl methyl sites for hydroxylation is 1. The largest absolute Gasteiger partial charge is 0.353 e. The van der Waals surface area contributed by atoms with Gasteiger partial charge in [0.2, 0.25) is 0 Å². The Bertz CT molecular complexity index is 857. The van der Waals surface area contributed by atoms with Gasteiger partial charge in [-0.1, -0.05) is 0 Å². The summed E-state index contributed by atoms with van der Waals surface area (Å²) in [5, 5.41) is 1.08. The Morgan fingerprint density at radius 3 is 2.69 bits per heavy atom. The number of rotatable bonds is 2. The molecule has 0 N–H and O–H groups in total. The first-order valence-electron chi connectivity index (χ1n) is 9.60. The summed E-state index contributed by atoms with van der Waals surface area (Å²) in [6.07, 6.45) is 5.31. The quantitative estimate of drug-likeness (QED) is 0.811. The predicted octanol–water partition coefficient (Wildman–Crippen LogP) is 2.38. The van der Waals surface area contributed by atoms with E-state index >= 15 is 0 Å². The zero-order valence-corrected chi connectivity index (χ0v) is 16.3. The highest BCUT2D eigenvalue weighted by atomic mass is 32.1. The summed E-state index contributed by atoms with van der Waals surface area (Å²) in [5.41, 5.74) is 1.06. The Labute approximate surface area is 157 Å². The van der Waals surface area contributed by atoms with Crippen LogP contribution >= 0.6 is 11.3 Å². The highest BCUT2D eigenvalue weighted by Gasteiger charge is 2.41. The van der Waals surface area contributed by atoms with Gasteiger partial charge in [0, 0.05) is 38.8 Å². The first-order chi connectivity index (χ1) is 12.6. The lowest BCUT2D eigenvalue weighted by molar-refractivity contribution is 0.0708. The van der Waals surface area contributed by atoms with Gasteiger partial charge in [-0.05, 0) is 44.7 Å². The maximum Gasteiger partial charge on any atom is 0.264 e. The van der Waals surface area contributed by atoms with Gasteiger partial charge in [-0.15, -0.1) is 11.3 Å². The smallest absolute Gasteiger partial charge is 0.264 e. The number of likely N-dealkylation sites (tertiary alicyclic amines) is 1. The monoisotopic (exact) mass is 371 g/mol. The predicted molar refractivity (Wildman–Crippen MR) is 104 cm³/mol. The molecule has 138 valence electrons. The average Bonchev–Trinajstić information content (AvgIpc) is 3.36. The number of hydrogen-bond acceptors (Lipinski definition) is 6. The van der Waals surface area contributed by atoms with E-state index < -0.39 is 0 Å². The maximum absolute atomic E-state index is 13.2. The number of hydrogen-bond donors (Lipinski definition) is 0. The van der Waals surface area contributed by atoms with Crippen LogP contribution < -0.4 is 4.90 Å². The SMILES string of the molecule is Cc1c(C(=O)N2C[C@@H]3CC[C@@H]2C3)sc2ncnc(N3CCN(C)CC3)c12. The molecule has 0 aromatic carbocycles. The topological polar surface area (TPSA) is 52.6 Å². The van der Waals surface area contributed by atoms with Crippen LogP contribution in [0, 0.1) is 12.8 Å². The number of piperidine rings is 1. The molecule has 7 heteroatoms. The number of amides is 1. The molecule has 1 saturated carbocycles. The van der Waals surface area contributed by atoms with Crippen LogP contribution in [0.4, 0.5) is 5.82 Å². The van der Waals surface area contributed by atoms with Gasteiger partial charge in [0.25, 0.3) is 5.91 Å². The van der Waals surface area contributed by atoms with Crippen molar-refractivity contribution in [2.45, 2.75) is 32.2 Å². The molecule has 26 heavy (non-hydrogen) atoms. The molecule has 4 heterocycles. The molecule has 0 spiro atoms. The minimum atomic E-state index is 0.210. The van der Waals surface area contributed by atoms with E-state index in [2.05, 4.69) is 38.6 Å². The fourth-order valence-electron chi connectivity index (χ4n) is 4.82. The van der Waals surface area contributed by atoms with Gasteiger partial charge in [-0.3, -0.25) is 4.79 Å². The second kappa shape index (κ2) is 6.16. The molecule has 2 aromatic rings. The first kappa shape index (κ1) is 16.4. The lowest BCUT2D eigenvalue weighted by atomic mass is 10.1. The number of anilines is 1. The molecule has 2 saturated heterocycles. The summed E-state index contributed by atoms with van der Waals surface area (Å²) >= 11 is 1.55. The molecule has 1 amide bonds. The molecule has 2 aliphatic heterocycles. The first-order valence-corrected chi connectivity index (χ1v) is 10.4. The Kier molecular flexibility index (Phi) is 3.90. The van der Waals surface area contributed by atoms with E-state index in [9.17, 15) is 4.79 Å². The third-order valence-corrected chi connectivity index (χ3v) is 7.56. The fourth-order valence-corrected chi connectivity index (χ4v) is 5.92. The Balaban J connectivity index is 1.51. The number of likely N-dealkylation sites (N-methyl/N-ethyl adjacent to an activating group) is 1. The normalized spacial score (nSPS) is 26.2. The lowest BCUT2D eigenvalue weighted by Gasteiger charge is -2.33. The van der Waals surface area contributed by atoms with Crippen molar-refractivity contribution in [2.24, 2.45) is 5.92 Å². The highest BCUT2D eigenvalue weighted by Crippen LogP contribution is 2.41. The number of carbonyl (C=O) groups is 1. The fraction of sp³-hybridized carbons (Fsp3) is 0.632. The van der Waals surface area contributed by atoms with E-state index in [1.807, 2.05) is 0 Å². The third-order valence-electron chi connectivity index (χ3n) is 6.37. The van der Waals surface area contributed by atoms with Crippen LogP contribution in [-0.4, -0.2) is 71.5 Å². The van der Waals surface area contributed by atoms with Gasteiger partial charge in [0.15, 0.2) is 0 Å². The van der Waals surface area contributed by atoms with E-state index in [1.165, 1.54) is 19.3 Å². The van der Waals surface area contributed by atoms with Gasteiger partial charge < -0.3 is 14.7 Å². The molecule has 5 rings (SSSR count). The van der Waals surface area contributed by atoms with Crippen molar-refractivity contribution in [1.29, 1.82) is 0 Å². The van der Waals surface area contributed by atoms with Crippen molar-refractivity contribution in [3.8, 4) is 0 Å². The second-order valence-electron chi connectivity index (χ2n) is 8.01. The van der Waals surface area contributed by atoms with Crippen LogP contribution in [0.15, 0.2) is 6.33 Å². The van der Waals surface area contributed by atoms with Crippen LogP contribution in [0.3, 0.4) is 0 Å². The van der Waals surface area contributed by atoms with Crippen LogP contribution in [0.2, 0.25) is 0 Å². The van der Waals surface area contributed by atoms with E-state index in [0.29, 0.717) is 6.04 Å². The summed E-state index contributed by atoms with van der Waals surface area (Å²) in [6, 6.07) is 0.459. The van der Waals surface area contributed by atoms with Crippen molar-refractivity contribution in [2.75, 3.05) is 44.7 Å². The molecule has 0 unspecified atom stereocenters. The molecule has 2 aromatic heterocycles. The minimum Gasteiger partial charge on any atom is -0.353 e. The van der Waals surface area contributed by atoms with Crippen LogP contribution in [0.25, 0.3) is 10.2 Å². The molecule has 3 fully saturated rings. The molecule has 3 aliphatic rings. The second-order valence-corrected chi connectivity index (χ2v) is 9.01. The molecule has 2 atom stereocenters. The van der Waals surface area contributed by atoms with E-state index in [0.717, 1.165) is 65.1 Å². The maximum atomic E-state index is 13.2. The van der Waals surface area contributed by atoms with Gasteiger partial charge in [-0.25, -0.2) is 9.97 Å². The summed E-state index contributed by atoms with van der Waals surface area (Å²) in [7, 11) is 2.16. The molecule has 2 bridgehead atoms. The summed E-state index contributed by atoms with van der Waals surface area (Å²) in [6.45, 7) is 7.03. The van der Waals surface area contributed by atoms with Crippen molar-refractivity contribution in [3.63, 3.8) is 0 Å². The molecule has 6 nitrogen and oxygen atoms in total. The van der Waals surface area contributed by atoms with Crippen LogP contribution in [0.1, 0.15) is 34.5 Å². The summed E-state index contributed by atoms with van der Waals surface area (Å²) < 4.78 is 0. The number of thiophene rings is 1. The van der Waals surface area contributed by atoms with Gasteiger partial charge in [0.1, 0.15) is 17.0 Å². The van der Waals surface area contributed by atoms with Crippen LogP contribution in [-0.2, 0) is 0 Å². The standard InChI is InChI=1S/C19H25N5OS/c1-12-15-17(23-7-5-22(2)6-8-23)20-11-21-18(15)26-16(12)19(25)24-10-13-3-4-14(24)9-13/h11,13-14H,3-10H2,1-2H3/t13-,14-/m1/s1. The third kappa shape index (κ3) is 2.52. The number of fused-ring (bicyclic) bond motifs is 3. The lowest BCUT2D eigenvalue weighted by Crippen LogP contribution is -2.44. The minimum absolute atomic E-state index is 0.210. The summed E-state index contributed by atoms with van der Waals surface area (Å²) in [5.74, 6) is 1.93. The zero-order valence-electron chi connectivity index (χ0n) is 15.4. The Morgan fingerprint density at radius 2 is 2.00 bits per heavy atom. The summed E-state index contributed by atoms with van der Waals surface area (Å²) in [4.78, 5) is 30.9. The Hall–Kier alpha value is -1.73. The molecule has 0 radical (unpaired) electrons. The van der Waals surface area contributed by atoms with Gasteiger partial charge in [-0.2, -0.15) is 0 Å². The van der Waals surface area contributed by atoms with E-state index in [4.69, 9.17) is 0 Å². The number of piperazine rings is 1. The van der Waals surface area contributed by atoms with Crippen molar-refractivity contribution in [3.05, 3.63) is 16.8 Å². The average molecular weight is 372 g/mol. The zero-order chi connectivity index (χ0) is 17.8. The number of nitrogens with zero attached hydrogens (tertiary/aromatic N) is 5. The van der Waals surface area contributed by atoms with E-state index in [1.54, 1.807) is 17.7 Å². The van der Waals surface area contributed by atoms with Crippen molar-refractivity contribution < 1.29 is 4.79 Å². The van der Waals surface area contributed by atoms with Gasteiger partial charge >= 0.3 is 0 Å². The van der Waals surface area contributed by atoms with Crippen molar-refractivity contribution in [1.82, 2.24) is 19.8 Å². The number of aromatic nitrogens is 2. The van der Waals surface area contributed by atoms with Gasteiger partial charge in [0.05, 0.1) is 10.3 Å². The molecular formula is C19H25N5OS. The highest BCUT2D eigenvalue weighted by molar-refractivity contribution is 7.20. The number of carbonyl (C=O) groups excluding carboxylic acids is 1. The van der Waals surface area contributed by atoms with Crippen molar-refractivity contribution >= 4 is 33.3 Å². The van der Waals surface area contributed by atoms with E-state index in [-0.39, 0.29) is 5.91 Å². The molecule has 1 aliphatic carbocycles. The molecular weight excluding hydrogens is 346 g/mol. The Morgan fingerprint density at radius 1 is 1.19 bits per heavy atom.